The van der Waals surface area contributed by atoms with Crippen molar-refractivity contribution in [3.63, 3.8) is 0 Å². The van der Waals surface area contributed by atoms with Gasteiger partial charge in [0.25, 0.3) is 5.91 Å². The second-order valence-electron chi connectivity index (χ2n) is 5.56. The molecule has 1 atom stereocenters. The van der Waals surface area contributed by atoms with Crippen molar-refractivity contribution < 1.29 is 9.18 Å². The minimum absolute atomic E-state index is 0.125. The van der Waals surface area contributed by atoms with E-state index in [9.17, 15) is 9.18 Å². The molecule has 1 fully saturated rings. The van der Waals surface area contributed by atoms with Crippen molar-refractivity contribution in [1.82, 2.24) is 15.5 Å². The standard InChI is InChI=1S/C16H17ClFN5O/c1-19-16(24)14-4-5-15(22-21-14)20-10-6-7-23(9-10)11-2-3-13(18)12(17)8-11/h2-5,8,10H,6-7,9H2,1H3,(H,19,24)(H,20,22). The lowest BCUT2D eigenvalue weighted by Gasteiger charge is -2.19. The normalized spacial score (nSPS) is 17.0. The molecule has 0 spiro atoms. The van der Waals surface area contributed by atoms with Gasteiger partial charge in [0.15, 0.2) is 5.69 Å². The van der Waals surface area contributed by atoms with Gasteiger partial charge in [0.1, 0.15) is 11.6 Å². The molecule has 1 aliphatic heterocycles. The van der Waals surface area contributed by atoms with Crippen LogP contribution in [-0.2, 0) is 0 Å². The summed E-state index contributed by atoms with van der Waals surface area (Å²) in [5.41, 5.74) is 1.17. The monoisotopic (exact) mass is 349 g/mol. The van der Waals surface area contributed by atoms with E-state index in [0.717, 1.165) is 25.2 Å². The van der Waals surface area contributed by atoms with E-state index < -0.39 is 5.82 Å². The molecule has 1 aromatic heterocycles. The van der Waals surface area contributed by atoms with Crippen LogP contribution in [0.25, 0.3) is 0 Å². The van der Waals surface area contributed by atoms with Crippen LogP contribution in [0.5, 0.6) is 0 Å². The Hall–Kier alpha value is -2.41. The molecule has 0 bridgehead atoms. The lowest BCUT2D eigenvalue weighted by molar-refractivity contribution is 0.0957. The Labute approximate surface area is 144 Å². The minimum Gasteiger partial charge on any atom is -0.369 e. The lowest BCUT2D eigenvalue weighted by Crippen LogP contribution is -2.26. The molecule has 3 rings (SSSR count). The average Bonchev–Trinajstić information content (AvgIpc) is 3.06. The number of carbonyl (C=O) groups excluding carboxylic acids is 1. The molecule has 0 radical (unpaired) electrons. The number of aromatic nitrogens is 2. The molecular formula is C16H17ClFN5O. The van der Waals surface area contributed by atoms with Gasteiger partial charge >= 0.3 is 0 Å². The molecule has 2 heterocycles. The third kappa shape index (κ3) is 3.56. The van der Waals surface area contributed by atoms with Crippen molar-refractivity contribution in [3.8, 4) is 0 Å². The second kappa shape index (κ2) is 7.00. The van der Waals surface area contributed by atoms with E-state index in [2.05, 4.69) is 25.7 Å². The van der Waals surface area contributed by atoms with Gasteiger partial charge in [0.05, 0.1) is 5.02 Å². The molecule has 1 aromatic carbocycles. The summed E-state index contributed by atoms with van der Waals surface area (Å²) in [6.45, 7) is 1.59. The molecule has 0 saturated carbocycles. The summed E-state index contributed by atoms with van der Waals surface area (Å²) in [7, 11) is 1.55. The van der Waals surface area contributed by atoms with Crippen LogP contribution in [0, 0.1) is 5.82 Å². The predicted octanol–water partition coefficient (Wildman–Crippen LogP) is 2.32. The SMILES string of the molecule is CNC(=O)c1ccc(NC2CCN(c3ccc(F)c(Cl)c3)C2)nn1. The lowest BCUT2D eigenvalue weighted by atomic mass is 10.2. The first-order valence-electron chi connectivity index (χ1n) is 7.59. The number of hydrogen-bond donors (Lipinski definition) is 2. The first-order chi connectivity index (χ1) is 11.6. The zero-order chi connectivity index (χ0) is 17.1. The van der Waals surface area contributed by atoms with Crippen molar-refractivity contribution in [2.24, 2.45) is 0 Å². The zero-order valence-corrected chi connectivity index (χ0v) is 13.8. The van der Waals surface area contributed by atoms with Gasteiger partial charge in [0, 0.05) is 31.9 Å². The Morgan fingerprint density at radius 1 is 1.33 bits per heavy atom. The van der Waals surface area contributed by atoms with E-state index in [0.29, 0.717) is 5.82 Å². The summed E-state index contributed by atoms with van der Waals surface area (Å²) in [6.07, 6.45) is 0.911. The fraction of sp³-hybridized carbons (Fsp3) is 0.312. The highest BCUT2D eigenvalue weighted by Gasteiger charge is 2.23. The summed E-state index contributed by atoms with van der Waals surface area (Å²) < 4.78 is 13.3. The Balaban J connectivity index is 1.61. The Morgan fingerprint density at radius 3 is 2.83 bits per heavy atom. The Kier molecular flexibility index (Phi) is 4.80. The molecule has 2 N–H and O–H groups in total. The van der Waals surface area contributed by atoms with Gasteiger partial charge in [-0.15, -0.1) is 10.2 Å². The third-order valence-electron chi connectivity index (χ3n) is 3.93. The van der Waals surface area contributed by atoms with Crippen molar-refractivity contribution in [2.45, 2.75) is 12.5 Å². The van der Waals surface area contributed by atoms with Crippen LogP contribution in [0.4, 0.5) is 15.9 Å². The number of halogens is 2. The smallest absolute Gasteiger partial charge is 0.271 e. The maximum absolute atomic E-state index is 13.3. The van der Waals surface area contributed by atoms with Crippen LogP contribution in [0.3, 0.4) is 0 Å². The Morgan fingerprint density at radius 2 is 2.17 bits per heavy atom. The number of nitrogens with zero attached hydrogens (tertiary/aromatic N) is 3. The highest BCUT2D eigenvalue weighted by molar-refractivity contribution is 6.31. The highest BCUT2D eigenvalue weighted by Crippen LogP contribution is 2.26. The molecule has 126 valence electrons. The number of amides is 1. The average molecular weight is 350 g/mol. The van der Waals surface area contributed by atoms with Gasteiger partial charge in [-0.1, -0.05) is 11.6 Å². The quantitative estimate of drug-likeness (QED) is 0.886. The van der Waals surface area contributed by atoms with E-state index in [-0.39, 0.29) is 22.7 Å². The molecule has 1 unspecified atom stereocenters. The number of hydrogen-bond acceptors (Lipinski definition) is 5. The van der Waals surface area contributed by atoms with Crippen LogP contribution in [-0.4, -0.2) is 42.3 Å². The molecule has 1 saturated heterocycles. The summed E-state index contributed by atoms with van der Waals surface area (Å²) in [6, 6.07) is 8.28. The van der Waals surface area contributed by atoms with Crippen LogP contribution in [0.15, 0.2) is 30.3 Å². The molecule has 24 heavy (non-hydrogen) atoms. The summed E-state index contributed by atoms with van der Waals surface area (Å²) in [4.78, 5) is 13.6. The number of rotatable bonds is 4. The van der Waals surface area contributed by atoms with Crippen LogP contribution < -0.4 is 15.5 Å². The van der Waals surface area contributed by atoms with Gasteiger partial charge < -0.3 is 15.5 Å². The summed E-state index contributed by atoms with van der Waals surface area (Å²) in [5, 5.41) is 13.8. The molecule has 6 nitrogen and oxygen atoms in total. The molecule has 1 aliphatic rings. The topological polar surface area (TPSA) is 70.2 Å². The molecule has 0 aliphatic carbocycles. The molecule has 2 aromatic rings. The van der Waals surface area contributed by atoms with E-state index in [1.54, 1.807) is 31.3 Å². The Bertz CT molecular complexity index is 740. The predicted molar refractivity (Wildman–Crippen MR) is 91.1 cm³/mol. The van der Waals surface area contributed by atoms with Crippen molar-refractivity contribution in [1.29, 1.82) is 0 Å². The van der Waals surface area contributed by atoms with Crippen LogP contribution >= 0.6 is 11.6 Å². The van der Waals surface area contributed by atoms with E-state index in [4.69, 9.17) is 11.6 Å². The number of nitrogens with one attached hydrogen (secondary N) is 2. The first-order valence-corrected chi connectivity index (χ1v) is 7.97. The molecule has 8 heteroatoms. The number of carbonyl (C=O) groups is 1. The fourth-order valence-electron chi connectivity index (χ4n) is 2.66. The van der Waals surface area contributed by atoms with Crippen molar-refractivity contribution in [2.75, 3.05) is 30.4 Å². The number of anilines is 2. The van der Waals surface area contributed by atoms with Gasteiger partial charge in [-0.3, -0.25) is 4.79 Å². The largest absolute Gasteiger partial charge is 0.369 e. The van der Waals surface area contributed by atoms with Crippen molar-refractivity contribution in [3.05, 3.63) is 46.9 Å². The van der Waals surface area contributed by atoms with Gasteiger partial charge in [0.2, 0.25) is 0 Å². The van der Waals surface area contributed by atoms with E-state index in [1.807, 2.05) is 0 Å². The third-order valence-corrected chi connectivity index (χ3v) is 4.22. The van der Waals surface area contributed by atoms with Crippen LogP contribution in [0.2, 0.25) is 5.02 Å². The van der Waals surface area contributed by atoms with Crippen LogP contribution in [0.1, 0.15) is 16.9 Å². The fourth-order valence-corrected chi connectivity index (χ4v) is 2.84. The molecular weight excluding hydrogens is 333 g/mol. The summed E-state index contributed by atoms with van der Waals surface area (Å²) >= 11 is 5.84. The first kappa shape index (κ1) is 16.4. The summed E-state index contributed by atoms with van der Waals surface area (Å²) in [5.74, 6) is -0.0679. The minimum atomic E-state index is -0.416. The highest BCUT2D eigenvalue weighted by atomic mass is 35.5. The zero-order valence-electron chi connectivity index (χ0n) is 13.1. The molecule has 1 amide bonds. The maximum Gasteiger partial charge on any atom is 0.271 e. The van der Waals surface area contributed by atoms with Gasteiger partial charge in [-0.25, -0.2) is 4.39 Å². The van der Waals surface area contributed by atoms with Gasteiger partial charge in [-0.05, 0) is 36.8 Å². The maximum atomic E-state index is 13.3. The van der Waals surface area contributed by atoms with Gasteiger partial charge in [-0.2, -0.15) is 0 Å². The van der Waals surface area contributed by atoms with Crippen molar-refractivity contribution >= 4 is 29.0 Å². The van der Waals surface area contributed by atoms with E-state index >= 15 is 0 Å². The second-order valence-corrected chi connectivity index (χ2v) is 5.96. The number of benzene rings is 1. The van der Waals surface area contributed by atoms with E-state index in [1.165, 1.54) is 6.07 Å².